The summed E-state index contributed by atoms with van der Waals surface area (Å²) in [4.78, 5) is 18.8. The molecule has 7 nitrogen and oxygen atoms in total. The largest absolute Gasteiger partial charge is 0.473 e. The van der Waals surface area contributed by atoms with Gasteiger partial charge in [0, 0.05) is 31.3 Å². The second-order valence-electron chi connectivity index (χ2n) is 8.10. The molecule has 3 heterocycles. The van der Waals surface area contributed by atoms with Crippen LogP contribution in [-0.2, 0) is 13.2 Å². The molecule has 5 rings (SSSR count). The summed E-state index contributed by atoms with van der Waals surface area (Å²) in [5.74, 6) is 0.795. The van der Waals surface area contributed by atoms with Gasteiger partial charge in [0.2, 0.25) is 5.88 Å². The van der Waals surface area contributed by atoms with Crippen LogP contribution < -0.4 is 20.1 Å². The minimum absolute atomic E-state index is 0.00926. The molecular formula is C24H20ClFN4O3. The highest BCUT2D eigenvalue weighted by molar-refractivity contribution is 6.31. The van der Waals surface area contributed by atoms with E-state index in [2.05, 4.69) is 9.88 Å². The van der Waals surface area contributed by atoms with E-state index in [0.717, 1.165) is 25.2 Å². The first-order chi connectivity index (χ1) is 16.0. The third-order valence-corrected chi connectivity index (χ3v) is 6.28. The van der Waals surface area contributed by atoms with Crippen molar-refractivity contribution in [3.05, 3.63) is 74.9 Å². The van der Waals surface area contributed by atoms with Gasteiger partial charge in [-0.25, -0.2) is 9.18 Å². The van der Waals surface area contributed by atoms with Crippen LogP contribution in [0.1, 0.15) is 30.4 Å². The Kier molecular flexibility index (Phi) is 5.65. The lowest BCUT2D eigenvalue weighted by atomic mass is 10.0. The lowest BCUT2D eigenvalue weighted by Crippen LogP contribution is -2.36. The van der Waals surface area contributed by atoms with Crippen LogP contribution in [0.2, 0.25) is 5.02 Å². The van der Waals surface area contributed by atoms with E-state index in [9.17, 15) is 9.18 Å². The molecule has 1 unspecified atom stereocenters. The number of rotatable bonds is 5. The Morgan fingerprint density at radius 1 is 1.21 bits per heavy atom. The summed E-state index contributed by atoms with van der Waals surface area (Å²) >= 11 is 5.92. The van der Waals surface area contributed by atoms with Crippen molar-refractivity contribution >= 4 is 17.4 Å². The Morgan fingerprint density at radius 3 is 2.91 bits per heavy atom. The topological polar surface area (TPSA) is 80.4 Å². The Hall–Kier alpha value is -3.57. The number of benzene rings is 2. The lowest BCUT2D eigenvalue weighted by molar-refractivity contribution is 0.290. The van der Waals surface area contributed by atoms with E-state index < -0.39 is 5.82 Å². The van der Waals surface area contributed by atoms with Gasteiger partial charge in [-0.05, 0) is 49.1 Å². The predicted octanol–water partition coefficient (Wildman–Crippen LogP) is 4.65. The molecule has 0 saturated carbocycles. The highest BCUT2D eigenvalue weighted by atomic mass is 35.5. The molecule has 0 N–H and O–H groups in total. The summed E-state index contributed by atoms with van der Waals surface area (Å²) in [6.07, 6.45) is 3.34. The van der Waals surface area contributed by atoms with E-state index in [4.69, 9.17) is 26.3 Å². The second-order valence-corrected chi connectivity index (χ2v) is 8.50. The zero-order valence-corrected chi connectivity index (χ0v) is 18.4. The molecule has 33 heavy (non-hydrogen) atoms. The molecule has 0 bridgehead atoms. The molecule has 0 radical (unpaired) electrons. The minimum atomic E-state index is -0.581. The van der Waals surface area contributed by atoms with Gasteiger partial charge in [0.1, 0.15) is 24.2 Å². The molecule has 2 aliphatic heterocycles. The molecule has 1 aromatic heterocycles. The number of piperidine rings is 1. The minimum Gasteiger partial charge on any atom is -0.473 e. The number of aromatic nitrogens is 2. The molecule has 0 spiro atoms. The summed E-state index contributed by atoms with van der Waals surface area (Å²) in [6, 6.07) is 13.1. The van der Waals surface area contributed by atoms with E-state index in [1.54, 1.807) is 22.8 Å². The third kappa shape index (κ3) is 4.24. The zero-order chi connectivity index (χ0) is 22.9. The van der Waals surface area contributed by atoms with Crippen LogP contribution in [0.25, 0.3) is 0 Å². The first-order valence-electron chi connectivity index (χ1n) is 10.7. The summed E-state index contributed by atoms with van der Waals surface area (Å²) in [6.45, 7) is 1.64. The predicted molar refractivity (Wildman–Crippen MR) is 120 cm³/mol. The van der Waals surface area contributed by atoms with Gasteiger partial charge >= 0.3 is 5.69 Å². The van der Waals surface area contributed by atoms with Crippen LogP contribution in [0.3, 0.4) is 0 Å². The molecule has 1 atom stereocenters. The first kappa shape index (κ1) is 21.3. The lowest BCUT2D eigenvalue weighted by Gasteiger charge is -2.30. The summed E-state index contributed by atoms with van der Waals surface area (Å²) < 4.78 is 27.6. The van der Waals surface area contributed by atoms with Gasteiger partial charge in [0.05, 0.1) is 10.6 Å². The van der Waals surface area contributed by atoms with Crippen LogP contribution in [0, 0.1) is 17.1 Å². The van der Waals surface area contributed by atoms with E-state index in [1.165, 1.54) is 30.7 Å². The van der Waals surface area contributed by atoms with Gasteiger partial charge < -0.3 is 14.4 Å². The Labute approximate surface area is 194 Å². The van der Waals surface area contributed by atoms with Crippen molar-refractivity contribution in [3.63, 3.8) is 0 Å². The van der Waals surface area contributed by atoms with Crippen LogP contribution in [0.5, 0.6) is 17.4 Å². The van der Waals surface area contributed by atoms with Gasteiger partial charge in [0.15, 0.2) is 11.6 Å². The molecule has 1 fully saturated rings. The standard InChI is InChI=1S/C24H20ClFN4O3/c25-19-6-5-18(10-16(19)12-27)33-21-7-4-15(9-20(21)26)14-32-22-11-23-29-8-2-1-3-17(29)13-30(23)24(31)28-22/h4-7,9-11,17H,1-3,8,13-14H2. The van der Waals surface area contributed by atoms with Gasteiger partial charge in [-0.2, -0.15) is 10.2 Å². The van der Waals surface area contributed by atoms with Gasteiger partial charge in [-0.1, -0.05) is 17.7 Å². The maximum absolute atomic E-state index is 14.6. The summed E-state index contributed by atoms with van der Waals surface area (Å²) in [7, 11) is 0. The fourth-order valence-electron chi connectivity index (χ4n) is 4.31. The SMILES string of the molecule is N#Cc1cc(Oc2ccc(COc3cc4n(c(=O)n3)CC3CCCCN43)cc2F)ccc1Cl. The average molecular weight is 467 g/mol. The van der Waals surface area contributed by atoms with Crippen LogP contribution in [-0.4, -0.2) is 22.1 Å². The van der Waals surface area contributed by atoms with Crippen LogP contribution in [0.4, 0.5) is 10.2 Å². The number of nitriles is 1. The van der Waals surface area contributed by atoms with Gasteiger partial charge in [-0.3, -0.25) is 4.57 Å². The molecule has 168 valence electrons. The van der Waals surface area contributed by atoms with E-state index in [1.807, 2.05) is 6.07 Å². The number of nitrogens with zero attached hydrogens (tertiary/aromatic N) is 4. The molecule has 3 aromatic rings. The molecule has 2 aliphatic rings. The number of ether oxygens (including phenoxy) is 2. The number of fused-ring (bicyclic) bond motifs is 3. The second kappa shape index (κ2) is 8.75. The third-order valence-electron chi connectivity index (χ3n) is 5.95. The normalized spacial score (nSPS) is 16.6. The summed E-state index contributed by atoms with van der Waals surface area (Å²) in [5.41, 5.74) is 0.478. The maximum atomic E-state index is 14.6. The highest BCUT2D eigenvalue weighted by Gasteiger charge is 2.32. The monoisotopic (exact) mass is 466 g/mol. The Balaban J connectivity index is 1.29. The van der Waals surface area contributed by atoms with Gasteiger partial charge in [0.25, 0.3) is 0 Å². The molecule has 1 saturated heterocycles. The zero-order valence-electron chi connectivity index (χ0n) is 17.6. The molecule has 9 heteroatoms. The first-order valence-corrected chi connectivity index (χ1v) is 11.1. The van der Waals surface area contributed by atoms with Crippen LogP contribution >= 0.6 is 11.6 Å². The fraction of sp³-hybridized carbons (Fsp3) is 0.292. The molecule has 0 amide bonds. The Bertz CT molecular complexity index is 1320. The van der Waals surface area contributed by atoms with E-state index in [0.29, 0.717) is 28.9 Å². The van der Waals surface area contributed by atoms with Crippen molar-refractivity contribution < 1.29 is 13.9 Å². The van der Waals surface area contributed by atoms with Gasteiger partial charge in [-0.15, -0.1) is 0 Å². The smallest absolute Gasteiger partial charge is 0.352 e. The van der Waals surface area contributed by atoms with Crippen molar-refractivity contribution in [1.82, 2.24) is 9.55 Å². The number of hydrogen-bond donors (Lipinski definition) is 0. The number of anilines is 1. The van der Waals surface area contributed by atoms with Crippen molar-refractivity contribution in [2.45, 2.75) is 38.5 Å². The summed E-state index contributed by atoms with van der Waals surface area (Å²) in [5, 5.41) is 9.37. The maximum Gasteiger partial charge on any atom is 0.352 e. The van der Waals surface area contributed by atoms with Crippen molar-refractivity contribution in [2.24, 2.45) is 0 Å². The van der Waals surface area contributed by atoms with Crippen molar-refractivity contribution in [2.75, 3.05) is 11.4 Å². The molecule has 0 aliphatic carbocycles. The molecule has 2 aromatic carbocycles. The fourth-order valence-corrected chi connectivity index (χ4v) is 4.47. The average Bonchev–Trinajstić information content (AvgIpc) is 3.20. The van der Waals surface area contributed by atoms with Crippen LogP contribution in [0.15, 0.2) is 47.3 Å². The highest BCUT2D eigenvalue weighted by Crippen LogP contribution is 2.32. The van der Waals surface area contributed by atoms with E-state index in [-0.39, 0.29) is 29.5 Å². The Morgan fingerprint density at radius 2 is 2.09 bits per heavy atom. The van der Waals surface area contributed by atoms with Crippen molar-refractivity contribution in [3.8, 4) is 23.4 Å². The number of hydrogen-bond acceptors (Lipinski definition) is 6. The molecular weight excluding hydrogens is 447 g/mol. The van der Waals surface area contributed by atoms with Crippen molar-refractivity contribution in [1.29, 1.82) is 5.26 Å². The van der Waals surface area contributed by atoms with E-state index >= 15 is 0 Å². The quantitative estimate of drug-likeness (QED) is 0.544. The number of halogens is 2.